The highest BCUT2D eigenvalue weighted by atomic mass is 35.5. The van der Waals surface area contributed by atoms with E-state index in [0.717, 1.165) is 5.56 Å². The first-order valence-corrected chi connectivity index (χ1v) is 9.37. The van der Waals surface area contributed by atoms with Crippen molar-refractivity contribution in [2.24, 2.45) is 0 Å². The number of thioether (sulfide) groups is 1. The maximum Gasteiger partial charge on any atom is 0.270 e. The van der Waals surface area contributed by atoms with E-state index in [4.69, 9.17) is 44.9 Å². The van der Waals surface area contributed by atoms with Crippen LogP contribution < -0.4 is 14.4 Å². The fourth-order valence-electron chi connectivity index (χ4n) is 2.53. The minimum Gasteiger partial charge on any atom is -0.493 e. The zero-order chi connectivity index (χ0) is 18.8. The summed E-state index contributed by atoms with van der Waals surface area (Å²) >= 11 is 18.7. The van der Waals surface area contributed by atoms with Gasteiger partial charge in [-0.3, -0.25) is 9.69 Å². The fraction of sp³-hybridized carbons (Fsp3) is 0.111. The van der Waals surface area contributed by atoms with Crippen LogP contribution in [-0.4, -0.2) is 24.4 Å². The van der Waals surface area contributed by atoms with E-state index < -0.39 is 0 Å². The van der Waals surface area contributed by atoms with Gasteiger partial charge in [-0.15, -0.1) is 0 Å². The van der Waals surface area contributed by atoms with E-state index in [1.807, 2.05) is 12.1 Å². The first-order valence-electron chi connectivity index (χ1n) is 7.39. The highest BCUT2D eigenvalue weighted by Gasteiger charge is 2.34. The highest BCUT2D eigenvalue weighted by molar-refractivity contribution is 8.27. The summed E-state index contributed by atoms with van der Waals surface area (Å²) in [5.41, 5.74) is 1.25. The number of para-hydroxylation sites is 1. The number of anilines is 1. The summed E-state index contributed by atoms with van der Waals surface area (Å²) in [5, 5.41) is 0.861. The topological polar surface area (TPSA) is 38.8 Å². The number of ether oxygens (including phenoxy) is 2. The van der Waals surface area contributed by atoms with Crippen LogP contribution in [0.5, 0.6) is 11.5 Å². The van der Waals surface area contributed by atoms with Crippen LogP contribution in [0.4, 0.5) is 5.69 Å². The van der Waals surface area contributed by atoms with E-state index in [2.05, 4.69) is 0 Å². The van der Waals surface area contributed by atoms with Crippen molar-refractivity contribution in [3.8, 4) is 11.5 Å². The van der Waals surface area contributed by atoms with E-state index in [0.29, 0.717) is 36.5 Å². The van der Waals surface area contributed by atoms with Crippen LogP contribution in [0, 0.1) is 0 Å². The van der Waals surface area contributed by atoms with Crippen LogP contribution in [-0.2, 0) is 4.79 Å². The Bertz CT molecular complexity index is 910. The molecule has 1 heterocycles. The van der Waals surface area contributed by atoms with Gasteiger partial charge in [-0.05, 0) is 30.3 Å². The number of methoxy groups -OCH3 is 2. The van der Waals surface area contributed by atoms with Gasteiger partial charge >= 0.3 is 0 Å². The minimum atomic E-state index is -0.247. The van der Waals surface area contributed by atoms with E-state index in [1.165, 1.54) is 16.7 Å². The van der Waals surface area contributed by atoms with E-state index in [1.54, 1.807) is 44.6 Å². The maximum atomic E-state index is 12.9. The number of carbonyl (C=O) groups is 1. The molecule has 1 aliphatic heterocycles. The van der Waals surface area contributed by atoms with Crippen LogP contribution in [0.25, 0.3) is 6.08 Å². The summed E-state index contributed by atoms with van der Waals surface area (Å²) in [4.78, 5) is 14.8. The van der Waals surface area contributed by atoms with E-state index in [9.17, 15) is 4.79 Å². The van der Waals surface area contributed by atoms with E-state index >= 15 is 0 Å². The van der Waals surface area contributed by atoms with Crippen molar-refractivity contribution in [2.45, 2.75) is 0 Å². The molecule has 0 N–H and O–H groups in total. The lowest BCUT2D eigenvalue weighted by Crippen LogP contribution is -2.27. The SMILES string of the molecule is COc1cccc(C=C2SC(=S)N(c3cc(Cl)cc(Cl)c3)C2=O)c1OC. The molecule has 1 amide bonds. The molecule has 0 atom stereocenters. The number of thiocarbonyl (C=S) groups is 1. The van der Waals surface area contributed by atoms with Gasteiger partial charge in [0.25, 0.3) is 5.91 Å². The van der Waals surface area contributed by atoms with Crippen molar-refractivity contribution in [3.63, 3.8) is 0 Å². The average molecular weight is 426 g/mol. The number of carbonyl (C=O) groups excluding carboxylic acids is 1. The Hall–Kier alpha value is -1.73. The molecule has 0 saturated carbocycles. The largest absolute Gasteiger partial charge is 0.493 e. The summed E-state index contributed by atoms with van der Waals surface area (Å²) in [5.74, 6) is 0.882. The molecule has 26 heavy (non-hydrogen) atoms. The molecule has 2 aromatic rings. The predicted octanol–water partition coefficient (Wildman–Crippen LogP) is 5.42. The molecule has 8 heteroatoms. The monoisotopic (exact) mass is 425 g/mol. The predicted molar refractivity (Wildman–Crippen MR) is 112 cm³/mol. The van der Waals surface area contributed by atoms with Crippen molar-refractivity contribution < 1.29 is 14.3 Å². The first-order chi connectivity index (χ1) is 12.4. The van der Waals surface area contributed by atoms with Crippen molar-refractivity contribution in [3.05, 3.63) is 56.9 Å². The Labute approximate surface area is 170 Å². The van der Waals surface area contributed by atoms with Gasteiger partial charge in [-0.2, -0.15) is 0 Å². The van der Waals surface area contributed by atoms with Crippen molar-refractivity contribution in [2.75, 3.05) is 19.1 Å². The third-order valence-electron chi connectivity index (χ3n) is 3.62. The molecule has 0 radical (unpaired) electrons. The zero-order valence-corrected chi connectivity index (χ0v) is 16.9. The molecular weight excluding hydrogens is 413 g/mol. The third kappa shape index (κ3) is 3.69. The molecule has 1 fully saturated rings. The molecule has 0 spiro atoms. The second-order valence-corrected chi connectivity index (χ2v) is 7.78. The van der Waals surface area contributed by atoms with Crippen LogP contribution in [0.2, 0.25) is 10.0 Å². The minimum absolute atomic E-state index is 0.247. The van der Waals surface area contributed by atoms with Gasteiger partial charge in [-0.25, -0.2) is 0 Å². The molecular formula is C18H13Cl2NO3S2. The lowest BCUT2D eigenvalue weighted by Gasteiger charge is -2.15. The van der Waals surface area contributed by atoms with Crippen LogP contribution in [0.15, 0.2) is 41.3 Å². The smallest absolute Gasteiger partial charge is 0.270 e. The second kappa shape index (κ2) is 7.88. The fourth-order valence-corrected chi connectivity index (χ4v) is 4.33. The molecule has 0 unspecified atom stereocenters. The van der Waals surface area contributed by atoms with Gasteiger partial charge in [0.1, 0.15) is 0 Å². The molecule has 1 saturated heterocycles. The molecule has 0 aliphatic carbocycles. The van der Waals surface area contributed by atoms with Gasteiger partial charge in [0, 0.05) is 15.6 Å². The summed E-state index contributed by atoms with van der Waals surface area (Å²) < 4.78 is 11.1. The zero-order valence-electron chi connectivity index (χ0n) is 13.8. The lowest BCUT2D eigenvalue weighted by molar-refractivity contribution is -0.113. The first kappa shape index (κ1) is 19.0. The molecule has 1 aliphatic rings. The Balaban J connectivity index is 2.00. The highest BCUT2D eigenvalue weighted by Crippen LogP contribution is 2.40. The quantitative estimate of drug-likeness (QED) is 0.483. The van der Waals surface area contributed by atoms with Gasteiger partial charge in [-0.1, -0.05) is 59.3 Å². The Kier molecular flexibility index (Phi) is 5.77. The Morgan fingerprint density at radius 1 is 1.12 bits per heavy atom. The summed E-state index contributed by atoms with van der Waals surface area (Å²) in [7, 11) is 3.11. The molecule has 2 aromatic carbocycles. The Morgan fingerprint density at radius 2 is 1.81 bits per heavy atom. The number of rotatable bonds is 4. The number of hydrogen-bond donors (Lipinski definition) is 0. The standard InChI is InChI=1S/C18H13Cl2NO3S2/c1-23-14-5-3-4-10(16(14)24-2)6-15-17(22)21(18(25)26-15)13-8-11(19)7-12(20)9-13/h3-9H,1-2H3. The molecule has 134 valence electrons. The van der Waals surface area contributed by atoms with Crippen molar-refractivity contribution in [1.29, 1.82) is 0 Å². The Morgan fingerprint density at radius 3 is 2.42 bits per heavy atom. The number of amides is 1. The maximum absolute atomic E-state index is 12.9. The second-order valence-electron chi connectivity index (χ2n) is 5.23. The molecule has 0 bridgehead atoms. The third-order valence-corrected chi connectivity index (χ3v) is 5.36. The van der Waals surface area contributed by atoms with Crippen molar-refractivity contribution >= 4 is 69.2 Å². The van der Waals surface area contributed by atoms with Gasteiger partial charge in [0.2, 0.25) is 0 Å². The summed E-state index contributed by atoms with van der Waals surface area (Å²) in [6, 6.07) is 10.3. The normalized spacial score (nSPS) is 15.7. The molecule has 4 nitrogen and oxygen atoms in total. The van der Waals surface area contributed by atoms with Crippen LogP contribution >= 0.6 is 47.2 Å². The molecule has 3 rings (SSSR count). The summed E-state index contributed by atoms with van der Waals surface area (Å²) in [6.07, 6.45) is 1.73. The van der Waals surface area contributed by atoms with Crippen LogP contribution in [0.3, 0.4) is 0 Å². The average Bonchev–Trinajstić information content (AvgIpc) is 2.87. The number of nitrogens with zero attached hydrogens (tertiary/aromatic N) is 1. The number of halogens is 2. The molecule has 0 aromatic heterocycles. The van der Waals surface area contributed by atoms with E-state index in [-0.39, 0.29) is 5.91 Å². The van der Waals surface area contributed by atoms with Crippen molar-refractivity contribution in [1.82, 2.24) is 0 Å². The van der Waals surface area contributed by atoms with Gasteiger partial charge in [0.15, 0.2) is 15.8 Å². The number of benzene rings is 2. The summed E-state index contributed by atoms with van der Waals surface area (Å²) in [6.45, 7) is 0. The van der Waals surface area contributed by atoms with Gasteiger partial charge in [0.05, 0.1) is 24.8 Å². The lowest BCUT2D eigenvalue weighted by atomic mass is 10.1. The van der Waals surface area contributed by atoms with Gasteiger partial charge < -0.3 is 9.47 Å². The number of hydrogen-bond acceptors (Lipinski definition) is 5. The van der Waals surface area contributed by atoms with Crippen LogP contribution in [0.1, 0.15) is 5.56 Å².